The highest BCUT2D eigenvalue weighted by molar-refractivity contribution is 6.34. The van der Waals surface area contributed by atoms with Crippen LogP contribution >= 0.6 is 0 Å². The number of carbonyl (C=O) groups excluding carboxylic acids is 1. The van der Waals surface area contributed by atoms with Gasteiger partial charge in [-0.1, -0.05) is 18.2 Å². The van der Waals surface area contributed by atoms with Crippen molar-refractivity contribution in [2.45, 2.75) is 0 Å². The Morgan fingerprint density at radius 3 is 2.83 bits per heavy atom. The molecule has 0 saturated heterocycles. The van der Waals surface area contributed by atoms with Crippen molar-refractivity contribution in [3.63, 3.8) is 0 Å². The molecule has 0 radical (unpaired) electrons. The summed E-state index contributed by atoms with van der Waals surface area (Å²) in [4.78, 5) is 12.2. The average molecular weight is 319 g/mol. The molecule has 2 aromatic carbocycles. The van der Waals surface area contributed by atoms with Crippen molar-refractivity contribution in [2.75, 3.05) is 5.32 Å². The smallest absolute Gasteiger partial charge is 0.256 e. The molecule has 1 aromatic heterocycles. The van der Waals surface area contributed by atoms with Gasteiger partial charge >= 0.3 is 0 Å². The van der Waals surface area contributed by atoms with E-state index in [2.05, 4.69) is 10.4 Å². The van der Waals surface area contributed by atoms with Crippen molar-refractivity contribution < 1.29 is 9.18 Å². The molecule has 0 spiro atoms. The van der Waals surface area contributed by atoms with Gasteiger partial charge in [-0.05, 0) is 41.5 Å². The minimum absolute atomic E-state index is 0.220. The first kappa shape index (κ1) is 14.4. The number of fused-ring (bicyclic) bond motifs is 1. The maximum absolute atomic E-state index is 13.5. The van der Waals surface area contributed by atoms with Crippen LogP contribution in [0.2, 0.25) is 0 Å². The lowest BCUT2D eigenvalue weighted by Crippen LogP contribution is -2.03. The van der Waals surface area contributed by atoms with Gasteiger partial charge in [0.15, 0.2) is 0 Å². The van der Waals surface area contributed by atoms with Crippen LogP contribution in [-0.2, 0) is 11.8 Å². The third-order valence-electron chi connectivity index (χ3n) is 4.00. The number of rotatable bonds is 2. The Labute approximate surface area is 138 Å². The second kappa shape index (κ2) is 5.45. The Balaban J connectivity index is 1.77. The lowest BCUT2D eigenvalue weighted by molar-refractivity contribution is -0.110. The predicted octanol–water partition coefficient (Wildman–Crippen LogP) is 3.72. The van der Waals surface area contributed by atoms with E-state index < -0.39 is 0 Å². The monoisotopic (exact) mass is 319 g/mol. The molecule has 1 amide bonds. The molecule has 4 nitrogen and oxygen atoms in total. The van der Waals surface area contributed by atoms with Gasteiger partial charge in [-0.15, -0.1) is 0 Å². The molecule has 0 atom stereocenters. The van der Waals surface area contributed by atoms with Gasteiger partial charge in [-0.3, -0.25) is 9.48 Å². The Hall–Kier alpha value is -3.21. The van der Waals surface area contributed by atoms with Crippen molar-refractivity contribution in [1.29, 1.82) is 0 Å². The zero-order chi connectivity index (χ0) is 16.7. The second-order valence-electron chi connectivity index (χ2n) is 5.73. The number of amides is 1. The zero-order valence-corrected chi connectivity index (χ0v) is 13.0. The van der Waals surface area contributed by atoms with Crippen molar-refractivity contribution in [1.82, 2.24) is 9.78 Å². The number of benzene rings is 2. The molecule has 4 rings (SSSR count). The summed E-state index contributed by atoms with van der Waals surface area (Å²) >= 11 is 0. The number of aromatic nitrogens is 2. The van der Waals surface area contributed by atoms with Crippen LogP contribution in [0.4, 0.5) is 10.1 Å². The topological polar surface area (TPSA) is 46.9 Å². The first-order valence-electron chi connectivity index (χ1n) is 7.52. The standard InChI is InChI=1S/C19H14FN3O/c1-23-11-14(10-21-23)13-4-2-3-12(7-13)8-17-16-9-15(20)5-6-18(16)22-19(17)24/h2-11H,1H3,(H,22,24)/b17-8-. The first-order valence-corrected chi connectivity index (χ1v) is 7.52. The first-order chi connectivity index (χ1) is 11.6. The van der Waals surface area contributed by atoms with Crippen LogP contribution in [0.3, 0.4) is 0 Å². The van der Waals surface area contributed by atoms with E-state index in [0.29, 0.717) is 16.8 Å². The van der Waals surface area contributed by atoms with Crippen LogP contribution in [-0.4, -0.2) is 15.7 Å². The molecular formula is C19H14FN3O. The minimum Gasteiger partial charge on any atom is -0.321 e. The van der Waals surface area contributed by atoms with Gasteiger partial charge in [0, 0.05) is 35.6 Å². The molecule has 0 fully saturated rings. The fraction of sp³-hybridized carbons (Fsp3) is 0.0526. The van der Waals surface area contributed by atoms with Gasteiger partial charge in [0.2, 0.25) is 0 Å². The number of carbonyl (C=O) groups is 1. The molecule has 24 heavy (non-hydrogen) atoms. The molecule has 2 heterocycles. The molecule has 1 aliphatic heterocycles. The lowest BCUT2D eigenvalue weighted by Gasteiger charge is -2.02. The van der Waals surface area contributed by atoms with Gasteiger partial charge in [-0.25, -0.2) is 4.39 Å². The molecule has 1 N–H and O–H groups in total. The van der Waals surface area contributed by atoms with Crippen LogP contribution in [0.25, 0.3) is 22.8 Å². The molecule has 118 valence electrons. The van der Waals surface area contributed by atoms with Crippen molar-refractivity contribution in [2.24, 2.45) is 7.05 Å². The number of nitrogens with one attached hydrogen (secondary N) is 1. The van der Waals surface area contributed by atoms with E-state index in [1.165, 1.54) is 12.1 Å². The molecule has 0 aliphatic carbocycles. The Morgan fingerprint density at radius 1 is 1.17 bits per heavy atom. The maximum atomic E-state index is 13.5. The number of hydrogen-bond donors (Lipinski definition) is 1. The largest absolute Gasteiger partial charge is 0.321 e. The molecule has 0 unspecified atom stereocenters. The quantitative estimate of drug-likeness (QED) is 0.732. The fourth-order valence-electron chi connectivity index (χ4n) is 2.85. The van der Waals surface area contributed by atoms with Crippen LogP contribution in [0.5, 0.6) is 0 Å². The highest BCUT2D eigenvalue weighted by Crippen LogP contribution is 2.34. The summed E-state index contributed by atoms with van der Waals surface area (Å²) in [7, 11) is 1.86. The van der Waals surface area contributed by atoms with Gasteiger partial charge in [0.25, 0.3) is 5.91 Å². The highest BCUT2D eigenvalue weighted by Gasteiger charge is 2.24. The Morgan fingerprint density at radius 2 is 2.04 bits per heavy atom. The van der Waals surface area contributed by atoms with Crippen molar-refractivity contribution in [3.05, 3.63) is 71.8 Å². The Bertz CT molecular complexity index is 988. The van der Waals surface area contributed by atoms with Crippen LogP contribution < -0.4 is 5.32 Å². The van der Waals surface area contributed by atoms with Gasteiger partial charge < -0.3 is 5.32 Å². The number of hydrogen-bond acceptors (Lipinski definition) is 2. The normalized spacial score (nSPS) is 14.8. The van der Waals surface area contributed by atoms with E-state index in [-0.39, 0.29) is 11.7 Å². The molecule has 0 bridgehead atoms. The van der Waals surface area contributed by atoms with Crippen molar-refractivity contribution >= 4 is 23.2 Å². The predicted molar refractivity (Wildman–Crippen MR) is 91.5 cm³/mol. The number of nitrogens with zero attached hydrogens (tertiary/aromatic N) is 2. The van der Waals surface area contributed by atoms with Crippen LogP contribution in [0.1, 0.15) is 11.1 Å². The number of aryl methyl sites for hydroxylation is 1. The molecule has 0 saturated carbocycles. The SMILES string of the molecule is Cn1cc(-c2cccc(/C=C3\C(=O)Nc4ccc(F)cc43)c2)cn1. The molecular weight excluding hydrogens is 305 g/mol. The van der Waals surface area contributed by atoms with E-state index >= 15 is 0 Å². The van der Waals surface area contributed by atoms with E-state index in [1.807, 2.05) is 37.5 Å². The maximum Gasteiger partial charge on any atom is 0.256 e. The Kier molecular flexibility index (Phi) is 3.27. The third-order valence-corrected chi connectivity index (χ3v) is 4.00. The van der Waals surface area contributed by atoms with Crippen molar-refractivity contribution in [3.8, 4) is 11.1 Å². The summed E-state index contributed by atoms with van der Waals surface area (Å²) in [6.45, 7) is 0. The fourth-order valence-corrected chi connectivity index (χ4v) is 2.85. The summed E-state index contributed by atoms with van der Waals surface area (Å²) in [6.07, 6.45) is 5.50. The zero-order valence-electron chi connectivity index (χ0n) is 13.0. The van der Waals surface area contributed by atoms with E-state index in [1.54, 1.807) is 23.0 Å². The van der Waals surface area contributed by atoms with Gasteiger partial charge in [0.05, 0.1) is 6.20 Å². The summed E-state index contributed by atoms with van der Waals surface area (Å²) in [5, 5.41) is 6.93. The van der Waals surface area contributed by atoms with Gasteiger partial charge in [-0.2, -0.15) is 5.10 Å². The molecule has 3 aromatic rings. The molecule has 1 aliphatic rings. The van der Waals surface area contributed by atoms with Gasteiger partial charge in [0.1, 0.15) is 5.82 Å². The summed E-state index contributed by atoms with van der Waals surface area (Å²) < 4.78 is 15.3. The lowest BCUT2D eigenvalue weighted by atomic mass is 10.0. The number of anilines is 1. The van der Waals surface area contributed by atoms with E-state index in [0.717, 1.165) is 16.7 Å². The van der Waals surface area contributed by atoms with Crippen LogP contribution in [0, 0.1) is 5.82 Å². The third kappa shape index (κ3) is 2.50. The summed E-state index contributed by atoms with van der Waals surface area (Å²) in [5.74, 6) is -0.581. The summed E-state index contributed by atoms with van der Waals surface area (Å²) in [6, 6.07) is 12.1. The number of halogens is 1. The highest BCUT2D eigenvalue weighted by atomic mass is 19.1. The van der Waals surface area contributed by atoms with E-state index in [4.69, 9.17) is 0 Å². The van der Waals surface area contributed by atoms with Crippen LogP contribution in [0.15, 0.2) is 54.9 Å². The van der Waals surface area contributed by atoms with E-state index in [9.17, 15) is 9.18 Å². The summed E-state index contributed by atoms with van der Waals surface area (Å²) in [5.41, 5.74) is 4.57. The second-order valence-corrected chi connectivity index (χ2v) is 5.73. The minimum atomic E-state index is -0.361. The average Bonchev–Trinajstić information content (AvgIpc) is 3.12. The molecule has 5 heteroatoms.